The van der Waals surface area contributed by atoms with E-state index in [1.165, 1.54) is 0 Å². The minimum Gasteiger partial charge on any atom is -0.492 e. The summed E-state index contributed by atoms with van der Waals surface area (Å²) in [4.78, 5) is 24.1. The lowest BCUT2D eigenvalue weighted by Gasteiger charge is -2.14. The van der Waals surface area contributed by atoms with Gasteiger partial charge in [-0.1, -0.05) is 12.1 Å². The molecular formula is C21H25NO5. The van der Waals surface area contributed by atoms with Gasteiger partial charge in [-0.3, -0.25) is 4.79 Å². The Morgan fingerprint density at radius 1 is 0.963 bits per heavy atom. The third-order valence-corrected chi connectivity index (χ3v) is 3.98. The summed E-state index contributed by atoms with van der Waals surface area (Å²) in [5, 5.41) is 2.76. The first-order chi connectivity index (χ1) is 13.0. The molecule has 0 heterocycles. The highest BCUT2D eigenvalue weighted by molar-refractivity contribution is 5.95. The van der Waals surface area contributed by atoms with Crippen molar-refractivity contribution in [1.82, 2.24) is 0 Å². The van der Waals surface area contributed by atoms with Crippen molar-refractivity contribution in [3.63, 3.8) is 0 Å². The highest BCUT2D eigenvalue weighted by Crippen LogP contribution is 2.27. The average molecular weight is 371 g/mol. The van der Waals surface area contributed by atoms with Gasteiger partial charge < -0.3 is 19.5 Å². The molecular weight excluding hydrogens is 346 g/mol. The van der Waals surface area contributed by atoms with Crippen molar-refractivity contribution in [3.8, 4) is 11.5 Å². The topological polar surface area (TPSA) is 73.9 Å². The molecule has 6 nitrogen and oxygen atoms in total. The van der Waals surface area contributed by atoms with Gasteiger partial charge in [-0.2, -0.15) is 0 Å². The maximum Gasteiger partial charge on any atom is 0.338 e. The van der Waals surface area contributed by atoms with E-state index in [2.05, 4.69) is 5.32 Å². The van der Waals surface area contributed by atoms with E-state index >= 15 is 0 Å². The van der Waals surface area contributed by atoms with Crippen molar-refractivity contribution in [1.29, 1.82) is 0 Å². The molecule has 0 aliphatic carbocycles. The summed E-state index contributed by atoms with van der Waals surface area (Å²) < 4.78 is 16.1. The molecule has 144 valence electrons. The predicted octanol–water partition coefficient (Wildman–Crippen LogP) is 3.90. The van der Waals surface area contributed by atoms with Crippen LogP contribution in [0, 0.1) is 13.8 Å². The van der Waals surface area contributed by atoms with Gasteiger partial charge >= 0.3 is 5.97 Å². The van der Waals surface area contributed by atoms with Crippen LogP contribution in [-0.2, 0) is 9.53 Å². The first-order valence-electron chi connectivity index (χ1n) is 8.89. The molecule has 0 aromatic heterocycles. The Morgan fingerprint density at radius 2 is 1.74 bits per heavy atom. The number of esters is 1. The lowest BCUT2D eigenvalue weighted by atomic mass is 10.1. The highest BCUT2D eigenvalue weighted by atomic mass is 16.5. The molecule has 0 saturated heterocycles. The predicted molar refractivity (Wildman–Crippen MR) is 104 cm³/mol. The summed E-state index contributed by atoms with van der Waals surface area (Å²) in [6.45, 7) is 8.06. The Labute approximate surface area is 159 Å². The Kier molecular flexibility index (Phi) is 7.23. The van der Waals surface area contributed by atoms with Gasteiger partial charge in [-0.05, 0) is 63.1 Å². The molecule has 0 saturated carbocycles. The molecule has 0 atom stereocenters. The molecule has 0 bridgehead atoms. The molecule has 27 heavy (non-hydrogen) atoms. The molecule has 0 radical (unpaired) electrons. The van der Waals surface area contributed by atoms with Crippen molar-refractivity contribution in [2.24, 2.45) is 0 Å². The monoisotopic (exact) mass is 371 g/mol. The van der Waals surface area contributed by atoms with Crippen LogP contribution in [0.25, 0.3) is 0 Å². The van der Waals surface area contributed by atoms with Crippen LogP contribution >= 0.6 is 0 Å². The van der Waals surface area contributed by atoms with E-state index in [0.29, 0.717) is 29.4 Å². The van der Waals surface area contributed by atoms with E-state index in [1.54, 1.807) is 25.1 Å². The molecule has 0 spiro atoms. The van der Waals surface area contributed by atoms with Gasteiger partial charge in [0.05, 0.1) is 24.5 Å². The quantitative estimate of drug-likeness (QED) is 0.713. The molecule has 0 unspecified atom stereocenters. The number of aryl methyl sites for hydroxylation is 1. The zero-order valence-corrected chi connectivity index (χ0v) is 16.1. The summed E-state index contributed by atoms with van der Waals surface area (Å²) in [6.07, 6.45) is 0. The second-order valence-corrected chi connectivity index (χ2v) is 5.90. The van der Waals surface area contributed by atoms with E-state index in [-0.39, 0.29) is 19.1 Å². The molecule has 1 N–H and O–H groups in total. The molecule has 0 aliphatic heterocycles. The summed E-state index contributed by atoms with van der Waals surface area (Å²) >= 11 is 0. The standard InChI is InChI=1S/C21H25NO5/c1-5-25-19-12-16(21(24)26-6-2)10-11-17(19)22-20(23)13-27-18-9-7-8-14(3)15(18)4/h7-12H,5-6,13H2,1-4H3,(H,22,23). The van der Waals surface area contributed by atoms with Crippen LogP contribution in [0.4, 0.5) is 5.69 Å². The molecule has 0 fully saturated rings. The summed E-state index contributed by atoms with van der Waals surface area (Å²) in [7, 11) is 0. The summed E-state index contributed by atoms with van der Waals surface area (Å²) in [5.41, 5.74) is 2.93. The molecule has 6 heteroatoms. The fraction of sp³-hybridized carbons (Fsp3) is 0.333. The van der Waals surface area contributed by atoms with Gasteiger partial charge in [0.15, 0.2) is 6.61 Å². The number of carbonyl (C=O) groups excluding carboxylic acids is 2. The van der Waals surface area contributed by atoms with Gasteiger partial charge in [0.25, 0.3) is 5.91 Å². The van der Waals surface area contributed by atoms with Gasteiger partial charge in [0.2, 0.25) is 0 Å². The number of hydrogen-bond donors (Lipinski definition) is 1. The van der Waals surface area contributed by atoms with Crippen LogP contribution in [0.5, 0.6) is 11.5 Å². The number of nitrogens with one attached hydrogen (secondary N) is 1. The minimum atomic E-state index is -0.436. The van der Waals surface area contributed by atoms with Gasteiger partial charge in [0, 0.05) is 0 Å². The first-order valence-corrected chi connectivity index (χ1v) is 8.89. The largest absolute Gasteiger partial charge is 0.492 e. The second-order valence-electron chi connectivity index (χ2n) is 5.90. The number of carbonyl (C=O) groups is 2. The minimum absolute atomic E-state index is 0.129. The Hall–Kier alpha value is -3.02. The maximum atomic E-state index is 12.3. The molecule has 1 amide bonds. The van der Waals surface area contributed by atoms with Crippen molar-refractivity contribution in [2.45, 2.75) is 27.7 Å². The highest BCUT2D eigenvalue weighted by Gasteiger charge is 2.14. The normalized spacial score (nSPS) is 10.2. The zero-order valence-electron chi connectivity index (χ0n) is 16.1. The summed E-state index contributed by atoms with van der Waals surface area (Å²) in [5.74, 6) is 0.325. The SMILES string of the molecule is CCOC(=O)c1ccc(NC(=O)COc2cccc(C)c2C)c(OCC)c1. The smallest absolute Gasteiger partial charge is 0.338 e. The number of anilines is 1. The van der Waals surface area contributed by atoms with Gasteiger partial charge in [-0.15, -0.1) is 0 Å². The van der Waals surface area contributed by atoms with Crippen LogP contribution in [0.1, 0.15) is 35.3 Å². The Morgan fingerprint density at radius 3 is 2.44 bits per heavy atom. The summed E-state index contributed by atoms with van der Waals surface area (Å²) in [6, 6.07) is 10.5. The third-order valence-electron chi connectivity index (χ3n) is 3.98. The Balaban J connectivity index is 2.07. The molecule has 0 aliphatic rings. The van der Waals surface area contributed by atoms with E-state index in [0.717, 1.165) is 11.1 Å². The number of hydrogen-bond acceptors (Lipinski definition) is 5. The van der Waals surface area contributed by atoms with Crippen LogP contribution in [-0.4, -0.2) is 31.7 Å². The lowest BCUT2D eigenvalue weighted by Crippen LogP contribution is -2.21. The number of rotatable bonds is 8. The van der Waals surface area contributed by atoms with Crippen LogP contribution in [0.2, 0.25) is 0 Å². The average Bonchev–Trinajstić information content (AvgIpc) is 2.64. The van der Waals surface area contributed by atoms with E-state index < -0.39 is 5.97 Å². The van der Waals surface area contributed by atoms with E-state index in [4.69, 9.17) is 14.2 Å². The van der Waals surface area contributed by atoms with E-state index in [1.807, 2.05) is 39.0 Å². The Bertz CT molecular complexity index is 816. The van der Waals surface area contributed by atoms with E-state index in [9.17, 15) is 9.59 Å². The van der Waals surface area contributed by atoms with Crippen LogP contribution in [0.15, 0.2) is 36.4 Å². The number of ether oxygens (including phenoxy) is 3. The van der Waals surface area contributed by atoms with Crippen molar-refractivity contribution in [2.75, 3.05) is 25.1 Å². The molecule has 2 aromatic rings. The van der Waals surface area contributed by atoms with Crippen LogP contribution in [0.3, 0.4) is 0 Å². The van der Waals surface area contributed by atoms with Crippen molar-refractivity contribution >= 4 is 17.6 Å². The first kappa shape index (κ1) is 20.3. The number of amides is 1. The van der Waals surface area contributed by atoms with Crippen LogP contribution < -0.4 is 14.8 Å². The van der Waals surface area contributed by atoms with Gasteiger partial charge in [-0.25, -0.2) is 4.79 Å². The molecule has 2 rings (SSSR count). The number of benzene rings is 2. The van der Waals surface area contributed by atoms with Crippen molar-refractivity contribution in [3.05, 3.63) is 53.1 Å². The van der Waals surface area contributed by atoms with Crippen molar-refractivity contribution < 1.29 is 23.8 Å². The molecule has 2 aromatic carbocycles. The third kappa shape index (κ3) is 5.48. The lowest BCUT2D eigenvalue weighted by molar-refractivity contribution is -0.118. The van der Waals surface area contributed by atoms with Gasteiger partial charge in [0.1, 0.15) is 11.5 Å². The second kappa shape index (κ2) is 9.62. The fourth-order valence-corrected chi connectivity index (χ4v) is 2.45. The maximum absolute atomic E-state index is 12.3. The zero-order chi connectivity index (χ0) is 19.8. The fourth-order valence-electron chi connectivity index (χ4n) is 2.45.